The fraction of sp³-hybridized carbons (Fsp3) is 0.300. The number of benzene rings is 1. The van der Waals surface area contributed by atoms with Crippen molar-refractivity contribution in [3.05, 3.63) is 53.9 Å². The van der Waals surface area contributed by atoms with E-state index in [-0.39, 0.29) is 11.8 Å². The molecule has 0 aliphatic rings. The zero-order chi connectivity index (χ0) is 24.2. The van der Waals surface area contributed by atoms with Crippen molar-refractivity contribution in [2.45, 2.75) is 37.4 Å². The molecule has 0 aliphatic carbocycles. The maximum absolute atomic E-state index is 13.0. The standard InChI is InChI=1S/C20H17F6N5OS/c1-2-7-31-17(12-3-5-27-6-4-12)29-30-18(31)33-11-16(32)28-15-9-13(19(21,22)23)8-14(10-15)20(24,25)26/h3-6,8-10H,2,7,11H2,1H3,(H,28,32). The minimum atomic E-state index is -5.00. The zero-order valence-corrected chi connectivity index (χ0v) is 17.9. The molecular weight excluding hydrogens is 472 g/mol. The van der Waals surface area contributed by atoms with E-state index in [9.17, 15) is 31.1 Å². The molecule has 176 valence electrons. The average molecular weight is 489 g/mol. The number of halogens is 6. The van der Waals surface area contributed by atoms with Crippen LogP contribution in [0.4, 0.5) is 32.0 Å². The lowest BCUT2D eigenvalue weighted by atomic mass is 10.1. The van der Waals surface area contributed by atoms with Crippen LogP contribution in [0.5, 0.6) is 0 Å². The van der Waals surface area contributed by atoms with Gasteiger partial charge in [-0.2, -0.15) is 26.3 Å². The molecule has 2 heterocycles. The fourth-order valence-corrected chi connectivity index (χ4v) is 3.65. The van der Waals surface area contributed by atoms with E-state index in [0.717, 1.165) is 23.7 Å². The summed E-state index contributed by atoms with van der Waals surface area (Å²) in [6.07, 6.45) is -6.10. The van der Waals surface area contributed by atoms with Crippen molar-refractivity contribution in [3.8, 4) is 11.4 Å². The summed E-state index contributed by atoms with van der Waals surface area (Å²) in [5, 5.41) is 10.7. The number of anilines is 1. The number of nitrogens with one attached hydrogen (secondary N) is 1. The van der Waals surface area contributed by atoms with Crippen LogP contribution >= 0.6 is 11.8 Å². The highest BCUT2D eigenvalue weighted by Gasteiger charge is 2.37. The Balaban J connectivity index is 1.77. The monoisotopic (exact) mass is 489 g/mol. The summed E-state index contributed by atoms with van der Waals surface area (Å²) in [6, 6.07) is 4.39. The second-order valence-electron chi connectivity index (χ2n) is 6.83. The Morgan fingerprint density at radius 3 is 2.15 bits per heavy atom. The molecule has 33 heavy (non-hydrogen) atoms. The van der Waals surface area contributed by atoms with E-state index in [4.69, 9.17) is 0 Å². The molecular formula is C20H17F6N5OS. The van der Waals surface area contributed by atoms with Gasteiger partial charge in [-0.05, 0) is 36.8 Å². The van der Waals surface area contributed by atoms with Crippen LogP contribution in [0, 0.1) is 0 Å². The molecule has 6 nitrogen and oxygen atoms in total. The predicted molar refractivity (Wildman–Crippen MR) is 109 cm³/mol. The maximum Gasteiger partial charge on any atom is 0.416 e. The van der Waals surface area contributed by atoms with Crippen LogP contribution in [-0.4, -0.2) is 31.4 Å². The van der Waals surface area contributed by atoms with Gasteiger partial charge < -0.3 is 9.88 Å². The number of hydrogen-bond donors (Lipinski definition) is 1. The van der Waals surface area contributed by atoms with Crippen LogP contribution in [-0.2, 0) is 23.7 Å². The van der Waals surface area contributed by atoms with Gasteiger partial charge in [0.1, 0.15) is 0 Å². The first kappa shape index (κ1) is 24.6. The Morgan fingerprint density at radius 1 is 1.00 bits per heavy atom. The molecule has 1 N–H and O–H groups in total. The molecule has 0 saturated carbocycles. The van der Waals surface area contributed by atoms with E-state index in [1.165, 1.54) is 0 Å². The third kappa shape index (κ3) is 6.24. The fourth-order valence-electron chi connectivity index (χ4n) is 2.89. The Morgan fingerprint density at radius 2 is 1.61 bits per heavy atom. The Hall–Kier alpha value is -3.09. The molecule has 0 unspecified atom stereocenters. The molecule has 0 radical (unpaired) electrons. The second kappa shape index (κ2) is 9.81. The minimum absolute atomic E-state index is 0.00173. The number of aromatic nitrogens is 4. The lowest BCUT2D eigenvalue weighted by Crippen LogP contribution is -2.17. The van der Waals surface area contributed by atoms with Crippen LogP contribution in [0.3, 0.4) is 0 Å². The van der Waals surface area contributed by atoms with Crippen LogP contribution in [0.15, 0.2) is 47.9 Å². The van der Waals surface area contributed by atoms with Gasteiger partial charge in [0.25, 0.3) is 0 Å². The van der Waals surface area contributed by atoms with Crippen molar-refractivity contribution in [1.82, 2.24) is 19.7 Å². The number of rotatable bonds is 7. The largest absolute Gasteiger partial charge is 0.416 e. The molecule has 0 fully saturated rings. The van der Waals surface area contributed by atoms with Gasteiger partial charge in [-0.1, -0.05) is 18.7 Å². The van der Waals surface area contributed by atoms with Crippen molar-refractivity contribution in [2.75, 3.05) is 11.1 Å². The van der Waals surface area contributed by atoms with Gasteiger partial charge >= 0.3 is 12.4 Å². The van der Waals surface area contributed by atoms with E-state index in [1.807, 2.05) is 6.92 Å². The number of hydrogen-bond acceptors (Lipinski definition) is 5. The highest BCUT2D eigenvalue weighted by molar-refractivity contribution is 7.99. The van der Waals surface area contributed by atoms with Gasteiger partial charge in [-0.15, -0.1) is 10.2 Å². The van der Waals surface area contributed by atoms with Gasteiger partial charge in [0, 0.05) is 30.2 Å². The topological polar surface area (TPSA) is 72.7 Å². The number of carbonyl (C=O) groups excluding carboxylic acids is 1. The van der Waals surface area contributed by atoms with E-state index in [1.54, 1.807) is 29.1 Å². The van der Waals surface area contributed by atoms with Gasteiger partial charge in [0.15, 0.2) is 11.0 Å². The summed E-state index contributed by atoms with van der Waals surface area (Å²) in [5.74, 6) is -0.533. The molecule has 1 amide bonds. The number of thioether (sulfide) groups is 1. The van der Waals surface area contributed by atoms with Crippen LogP contribution in [0.25, 0.3) is 11.4 Å². The van der Waals surface area contributed by atoms with Gasteiger partial charge in [0.2, 0.25) is 5.91 Å². The third-order valence-electron chi connectivity index (χ3n) is 4.31. The lowest BCUT2D eigenvalue weighted by Gasteiger charge is -2.14. The SMILES string of the molecule is CCCn1c(SCC(=O)Nc2cc(C(F)(F)F)cc(C(F)(F)F)c2)nnc1-c1ccncc1. The highest BCUT2D eigenvalue weighted by atomic mass is 32.2. The Bertz CT molecular complexity index is 1080. The normalized spacial score (nSPS) is 12.1. The van der Waals surface area contributed by atoms with Crippen molar-refractivity contribution >= 4 is 23.4 Å². The van der Waals surface area contributed by atoms with Crippen molar-refractivity contribution in [2.24, 2.45) is 0 Å². The van der Waals surface area contributed by atoms with Crippen LogP contribution in [0.2, 0.25) is 0 Å². The molecule has 0 aliphatic heterocycles. The first-order valence-corrected chi connectivity index (χ1v) is 10.5. The van der Waals surface area contributed by atoms with Crippen molar-refractivity contribution in [3.63, 3.8) is 0 Å². The molecule has 0 saturated heterocycles. The number of alkyl halides is 6. The molecule has 1 aromatic carbocycles. The number of nitrogens with zero attached hydrogens (tertiary/aromatic N) is 4. The molecule has 3 rings (SSSR count). The summed E-state index contributed by atoms with van der Waals surface area (Å²) < 4.78 is 79.8. The van der Waals surface area contributed by atoms with Crippen LogP contribution in [0.1, 0.15) is 24.5 Å². The first-order valence-electron chi connectivity index (χ1n) is 9.54. The van der Waals surface area contributed by atoms with E-state index in [2.05, 4.69) is 20.5 Å². The van der Waals surface area contributed by atoms with Gasteiger partial charge in [-0.3, -0.25) is 9.78 Å². The summed E-state index contributed by atoms with van der Waals surface area (Å²) >= 11 is 0.967. The molecule has 0 bridgehead atoms. The predicted octanol–water partition coefficient (Wildman–Crippen LogP) is 5.52. The summed E-state index contributed by atoms with van der Waals surface area (Å²) in [6.45, 7) is 2.47. The maximum atomic E-state index is 13.0. The zero-order valence-electron chi connectivity index (χ0n) is 17.0. The quantitative estimate of drug-likeness (QED) is 0.350. The lowest BCUT2D eigenvalue weighted by molar-refractivity contribution is -0.143. The highest BCUT2D eigenvalue weighted by Crippen LogP contribution is 2.37. The minimum Gasteiger partial charge on any atom is -0.325 e. The molecule has 0 spiro atoms. The third-order valence-corrected chi connectivity index (χ3v) is 5.27. The summed E-state index contributed by atoms with van der Waals surface area (Å²) in [7, 11) is 0. The smallest absolute Gasteiger partial charge is 0.325 e. The Labute approximate surface area is 188 Å². The average Bonchev–Trinajstić information content (AvgIpc) is 3.14. The summed E-state index contributed by atoms with van der Waals surface area (Å²) in [5.41, 5.74) is -2.86. The number of pyridine rings is 1. The van der Waals surface area contributed by atoms with E-state index < -0.39 is 35.1 Å². The van der Waals surface area contributed by atoms with Gasteiger partial charge in [-0.25, -0.2) is 0 Å². The second-order valence-corrected chi connectivity index (χ2v) is 7.77. The Kier molecular flexibility index (Phi) is 7.30. The van der Waals surface area contributed by atoms with Crippen molar-refractivity contribution in [1.29, 1.82) is 0 Å². The molecule has 0 atom stereocenters. The van der Waals surface area contributed by atoms with Crippen molar-refractivity contribution < 1.29 is 31.1 Å². The molecule has 13 heteroatoms. The molecule has 2 aromatic heterocycles. The van der Waals surface area contributed by atoms with E-state index in [0.29, 0.717) is 29.7 Å². The van der Waals surface area contributed by atoms with E-state index >= 15 is 0 Å². The number of carbonyl (C=O) groups is 1. The van der Waals surface area contributed by atoms with Crippen LogP contribution < -0.4 is 5.32 Å². The first-order chi connectivity index (χ1) is 15.5. The molecule has 3 aromatic rings. The van der Waals surface area contributed by atoms with Gasteiger partial charge in [0.05, 0.1) is 16.9 Å². The summed E-state index contributed by atoms with van der Waals surface area (Å²) in [4.78, 5) is 16.2. The number of amides is 1.